The number of sulfonamides is 1. The van der Waals surface area contributed by atoms with E-state index in [9.17, 15) is 13.2 Å². The predicted octanol–water partition coefficient (Wildman–Crippen LogP) is 3.61. The molecule has 1 aliphatic carbocycles. The number of hydrogen-bond acceptors (Lipinski definition) is 5. The first-order chi connectivity index (χ1) is 17.0. The van der Waals surface area contributed by atoms with E-state index >= 15 is 0 Å². The van der Waals surface area contributed by atoms with Gasteiger partial charge in [0.05, 0.1) is 17.7 Å². The topological polar surface area (TPSA) is 82.2 Å². The molecule has 1 saturated carbocycles. The molecule has 2 heterocycles. The van der Waals surface area contributed by atoms with Crippen molar-refractivity contribution in [2.45, 2.75) is 49.5 Å². The van der Waals surface area contributed by atoms with E-state index in [0.717, 1.165) is 48.4 Å². The SMILES string of the molecule is COc1ccccc1N1CCN(S(=O)(=O)c2ccc3c(c2)CCN3C(=O)NC2CCCCC2)CC1. The zero-order valence-electron chi connectivity index (χ0n) is 20.3. The number of carbonyl (C=O) groups excluding carboxylic acids is 1. The fourth-order valence-electron chi connectivity index (χ4n) is 5.46. The summed E-state index contributed by atoms with van der Waals surface area (Å²) in [6.07, 6.45) is 6.30. The highest BCUT2D eigenvalue weighted by Gasteiger charge is 2.32. The van der Waals surface area contributed by atoms with Gasteiger partial charge in [0.1, 0.15) is 5.75 Å². The number of nitrogens with one attached hydrogen (secondary N) is 1. The summed E-state index contributed by atoms with van der Waals surface area (Å²) in [4.78, 5) is 17.1. The molecule has 2 fully saturated rings. The van der Waals surface area contributed by atoms with Crippen LogP contribution >= 0.6 is 0 Å². The molecule has 0 aromatic heterocycles. The monoisotopic (exact) mass is 498 g/mol. The minimum atomic E-state index is -3.61. The van der Waals surface area contributed by atoms with Gasteiger partial charge in [-0.25, -0.2) is 13.2 Å². The molecule has 0 bridgehead atoms. The van der Waals surface area contributed by atoms with Crippen LogP contribution in [0.25, 0.3) is 0 Å². The van der Waals surface area contributed by atoms with Crippen molar-refractivity contribution in [2.24, 2.45) is 0 Å². The maximum absolute atomic E-state index is 13.4. The van der Waals surface area contributed by atoms with Crippen molar-refractivity contribution in [3.8, 4) is 5.75 Å². The fraction of sp³-hybridized carbons (Fsp3) is 0.500. The molecule has 8 nitrogen and oxygen atoms in total. The Morgan fingerprint density at radius 2 is 1.69 bits per heavy atom. The van der Waals surface area contributed by atoms with Crippen molar-refractivity contribution in [3.63, 3.8) is 0 Å². The number of hydrogen-bond donors (Lipinski definition) is 1. The third-order valence-electron chi connectivity index (χ3n) is 7.43. The van der Waals surface area contributed by atoms with Crippen LogP contribution in [0.5, 0.6) is 5.75 Å². The van der Waals surface area contributed by atoms with Crippen molar-refractivity contribution in [1.82, 2.24) is 9.62 Å². The van der Waals surface area contributed by atoms with E-state index in [1.54, 1.807) is 34.5 Å². The van der Waals surface area contributed by atoms with Gasteiger partial charge in [0, 0.05) is 44.5 Å². The first kappa shape index (κ1) is 23.9. The van der Waals surface area contributed by atoms with Gasteiger partial charge >= 0.3 is 6.03 Å². The van der Waals surface area contributed by atoms with Gasteiger partial charge in [0.15, 0.2) is 0 Å². The van der Waals surface area contributed by atoms with Crippen LogP contribution in [0.15, 0.2) is 47.4 Å². The Labute approximate surface area is 207 Å². The van der Waals surface area contributed by atoms with Gasteiger partial charge in [-0.15, -0.1) is 0 Å². The molecule has 9 heteroatoms. The second-order valence-electron chi connectivity index (χ2n) is 9.54. The molecule has 188 valence electrons. The number of nitrogens with zero attached hydrogens (tertiary/aromatic N) is 3. The largest absolute Gasteiger partial charge is 0.495 e. The summed E-state index contributed by atoms with van der Waals surface area (Å²) < 4.78 is 33.9. The molecule has 0 radical (unpaired) electrons. The molecule has 0 spiro atoms. The lowest BCUT2D eigenvalue weighted by Gasteiger charge is -2.36. The van der Waals surface area contributed by atoms with E-state index in [0.29, 0.717) is 44.0 Å². The van der Waals surface area contributed by atoms with Crippen molar-refractivity contribution in [3.05, 3.63) is 48.0 Å². The minimum Gasteiger partial charge on any atom is -0.495 e. The molecule has 3 aliphatic rings. The maximum Gasteiger partial charge on any atom is 0.322 e. The third-order valence-corrected chi connectivity index (χ3v) is 9.32. The number of carbonyl (C=O) groups is 1. The first-order valence-electron chi connectivity index (χ1n) is 12.6. The average Bonchev–Trinajstić information content (AvgIpc) is 3.33. The van der Waals surface area contributed by atoms with Gasteiger partial charge in [0.25, 0.3) is 0 Å². The normalized spacial score (nSPS) is 19.5. The Hall–Kier alpha value is -2.78. The average molecular weight is 499 g/mol. The zero-order valence-corrected chi connectivity index (χ0v) is 21.1. The predicted molar refractivity (Wildman–Crippen MR) is 137 cm³/mol. The number of rotatable bonds is 5. The first-order valence-corrected chi connectivity index (χ1v) is 14.0. The Bertz CT molecular complexity index is 1170. The minimum absolute atomic E-state index is 0.0706. The van der Waals surface area contributed by atoms with Crippen LogP contribution in [0.2, 0.25) is 0 Å². The molecule has 1 saturated heterocycles. The van der Waals surface area contributed by atoms with Gasteiger partial charge in [-0.2, -0.15) is 4.31 Å². The Morgan fingerprint density at radius 1 is 0.943 bits per heavy atom. The number of benzene rings is 2. The van der Waals surface area contributed by atoms with E-state index in [-0.39, 0.29) is 12.1 Å². The van der Waals surface area contributed by atoms with Gasteiger partial charge in [-0.1, -0.05) is 31.4 Å². The molecule has 2 aromatic carbocycles. The molecular weight excluding hydrogens is 464 g/mol. The van der Waals surface area contributed by atoms with Crippen LogP contribution < -0.4 is 19.9 Å². The Kier molecular flexibility index (Phi) is 6.88. The summed E-state index contributed by atoms with van der Waals surface area (Å²) in [7, 11) is -1.96. The summed E-state index contributed by atoms with van der Waals surface area (Å²) in [6.45, 7) is 2.59. The third kappa shape index (κ3) is 4.84. The molecule has 0 atom stereocenters. The highest BCUT2D eigenvalue weighted by molar-refractivity contribution is 7.89. The number of ether oxygens (including phenoxy) is 1. The number of anilines is 2. The number of amides is 2. The lowest BCUT2D eigenvalue weighted by atomic mass is 9.96. The van der Waals surface area contributed by atoms with Crippen molar-refractivity contribution >= 4 is 27.4 Å². The lowest BCUT2D eigenvalue weighted by molar-refractivity contribution is 0.238. The summed E-state index contributed by atoms with van der Waals surface area (Å²) in [6, 6.07) is 13.2. The van der Waals surface area contributed by atoms with Crippen LogP contribution in [0, 0.1) is 0 Å². The van der Waals surface area contributed by atoms with Crippen LogP contribution in [0.3, 0.4) is 0 Å². The number of fused-ring (bicyclic) bond motifs is 1. The van der Waals surface area contributed by atoms with Gasteiger partial charge in [-0.05, 0) is 55.2 Å². The highest BCUT2D eigenvalue weighted by Crippen LogP contribution is 2.33. The highest BCUT2D eigenvalue weighted by atomic mass is 32.2. The molecule has 35 heavy (non-hydrogen) atoms. The van der Waals surface area contributed by atoms with E-state index < -0.39 is 10.0 Å². The smallest absolute Gasteiger partial charge is 0.322 e. The Morgan fingerprint density at radius 3 is 2.43 bits per heavy atom. The summed E-state index contributed by atoms with van der Waals surface area (Å²) in [5.41, 5.74) is 2.71. The molecular formula is C26H34N4O4S. The van der Waals surface area contributed by atoms with Crippen molar-refractivity contribution in [2.75, 3.05) is 49.6 Å². The fourth-order valence-corrected chi connectivity index (χ4v) is 6.93. The second kappa shape index (κ2) is 10.1. The molecule has 2 aromatic rings. The van der Waals surface area contributed by atoms with E-state index in [1.165, 1.54) is 6.42 Å². The van der Waals surface area contributed by atoms with Crippen LogP contribution in [0.1, 0.15) is 37.7 Å². The number of urea groups is 1. The molecule has 5 rings (SSSR count). The second-order valence-corrected chi connectivity index (χ2v) is 11.5. The van der Waals surface area contributed by atoms with E-state index in [2.05, 4.69) is 10.2 Å². The standard InChI is InChI=1S/C26H34N4O4S/c1-34-25-10-6-5-9-24(25)28-15-17-29(18-16-28)35(32,33)22-11-12-23-20(19-22)13-14-30(23)26(31)27-21-7-3-2-4-8-21/h5-6,9-12,19,21H,2-4,7-8,13-18H2,1H3,(H,27,31). The van der Waals surface area contributed by atoms with Gasteiger partial charge < -0.3 is 15.0 Å². The van der Waals surface area contributed by atoms with Crippen LogP contribution in [-0.4, -0.2) is 64.6 Å². The van der Waals surface area contributed by atoms with Gasteiger partial charge in [0.2, 0.25) is 10.0 Å². The Balaban J connectivity index is 1.25. The molecule has 2 aliphatic heterocycles. The van der Waals surface area contributed by atoms with Gasteiger partial charge in [-0.3, -0.25) is 4.90 Å². The van der Waals surface area contributed by atoms with Crippen molar-refractivity contribution < 1.29 is 17.9 Å². The molecule has 0 unspecified atom stereocenters. The lowest BCUT2D eigenvalue weighted by Crippen LogP contribution is -2.48. The zero-order chi connectivity index (χ0) is 24.4. The summed E-state index contributed by atoms with van der Waals surface area (Å²) >= 11 is 0. The molecule has 2 amide bonds. The summed E-state index contributed by atoms with van der Waals surface area (Å²) in [5.74, 6) is 0.791. The number of piperazine rings is 1. The number of para-hydroxylation sites is 2. The van der Waals surface area contributed by atoms with E-state index in [1.807, 2.05) is 24.3 Å². The number of methoxy groups -OCH3 is 1. The molecule has 1 N–H and O–H groups in total. The maximum atomic E-state index is 13.4. The quantitative estimate of drug-likeness (QED) is 0.681. The van der Waals surface area contributed by atoms with Crippen LogP contribution in [-0.2, 0) is 16.4 Å². The summed E-state index contributed by atoms with van der Waals surface area (Å²) in [5, 5.41) is 3.17. The van der Waals surface area contributed by atoms with E-state index in [4.69, 9.17) is 4.74 Å². The van der Waals surface area contributed by atoms with Crippen LogP contribution in [0.4, 0.5) is 16.2 Å². The van der Waals surface area contributed by atoms with Crippen molar-refractivity contribution in [1.29, 1.82) is 0 Å².